The molecule has 0 saturated carbocycles. The Kier molecular flexibility index (Phi) is 5.56. The minimum absolute atomic E-state index is 0.0540. The largest absolute Gasteiger partial charge is 0.496 e. The summed E-state index contributed by atoms with van der Waals surface area (Å²) in [5, 5.41) is 9.27. The van der Waals surface area contributed by atoms with E-state index in [1.165, 1.54) is 17.6 Å². The molecule has 0 spiro atoms. The number of ether oxygens (including phenoxy) is 1. The Hall–Kier alpha value is -2.29. The maximum atomic E-state index is 11.3. The van der Waals surface area contributed by atoms with E-state index in [-0.39, 0.29) is 11.0 Å². The second kappa shape index (κ2) is 7.30. The van der Waals surface area contributed by atoms with Gasteiger partial charge in [-0.2, -0.15) is 0 Å². The Balaban J connectivity index is 2.78. The van der Waals surface area contributed by atoms with E-state index in [1.807, 2.05) is 12.1 Å². The van der Waals surface area contributed by atoms with E-state index in [1.54, 1.807) is 19.2 Å². The molecule has 25 heavy (non-hydrogen) atoms. The number of aromatic carboxylic acids is 1. The highest BCUT2D eigenvalue weighted by atomic mass is 16.5. The number of carbonyl (C=O) groups is 1. The predicted molar refractivity (Wildman–Crippen MR) is 103 cm³/mol. The molecule has 2 rings (SSSR count). The van der Waals surface area contributed by atoms with Crippen LogP contribution in [0.5, 0.6) is 5.75 Å². The molecule has 0 aromatic heterocycles. The average Bonchev–Trinajstić information content (AvgIpc) is 2.56. The van der Waals surface area contributed by atoms with Crippen LogP contribution in [0.25, 0.3) is 5.57 Å². The molecule has 1 aromatic carbocycles. The zero-order valence-corrected chi connectivity index (χ0v) is 15.9. The molecule has 0 aliphatic heterocycles. The summed E-state index contributed by atoms with van der Waals surface area (Å²) in [6, 6.07) is 5.09. The average molecular weight is 340 g/mol. The Morgan fingerprint density at radius 2 is 2.04 bits per heavy atom. The van der Waals surface area contributed by atoms with Crippen LogP contribution in [-0.4, -0.2) is 18.2 Å². The maximum absolute atomic E-state index is 11.3. The molecule has 1 aromatic rings. The van der Waals surface area contributed by atoms with Crippen molar-refractivity contribution in [3.63, 3.8) is 0 Å². The number of rotatable bonds is 5. The number of carboxylic acid groups (broad SMARTS) is 1. The van der Waals surface area contributed by atoms with Gasteiger partial charge in [0, 0.05) is 5.56 Å². The van der Waals surface area contributed by atoms with Gasteiger partial charge < -0.3 is 9.84 Å². The van der Waals surface area contributed by atoms with Gasteiger partial charge in [-0.15, -0.1) is 0 Å². The van der Waals surface area contributed by atoms with Gasteiger partial charge in [0.05, 0.1) is 12.7 Å². The fraction of sp³-hybridized carbons (Fsp3) is 0.409. The van der Waals surface area contributed by atoms with Gasteiger partial charge in [-0.1, -0.05) is 32.1 Å². The number of methoxy groups -OCH3 is 1. The summed E-state index contributed by atoms with van der Waals surface area (Å²) in [6.07, 6.45) is 5.27. The highest BCUT2D eigenvalue weighted by Gasteiger charge is 2.33. The van der Waals surface area contributed by atoms with E-state index >= 15 is 0 Å². The van der Waals surface area contributed by atoms with Crippen molar-refractivity contribution in [1.29, 1.82) is 0 Å². The summed E-state index contributed by atoms with van der Waals surface area (Å²) >= 11 is 0. The molecule has 1 N–H and O–H groups in total. The number of hydrogen-bond donors (Lipinski definition) is 1. The van der Waals surface area contributed by atoms with Crippen LogP contribution in [-0.2, 0) is 0 Å². The second-order valence-electron chi connectivity index (χ2n) is 7.38. The van der Waals surface area contributed by atoms with Crippen LogP contribution in [0.2, 0.25) is 0 Å². The Morgan fingerprint density at radius 3 is 2.56 bits per heavy atom. The number of hydrogen-bond acceptors (Lipinski definition) is 2. The van der Waals surface area contributed by atoms with Crippen molar-refractivity contribution in [2.75, 3.05) is 7.11 Å². The molecule has 0 radical (unpaired) electrons. The van der Waals surface area contributed by atoms with Gasteiger partial charge in [0.1, 0.15) is 5.75 Å². The zero-order valence-electron chi connectivity index (χ0n) is 15.9. The van der Waals surface area contributed by atoms with Gasteiger partial charge in [-0.3, -0.25) is 0 Å². The van der Waals surface area contributed by atoms with Crippen LogP contribution in [0.15, 0.2) is 47.6 Å². The first-order valence-corrected chi connectivity index (χ1v) is 8.68. The van der Waals surface area contributed by atoms with Crippen LogP contribution in [0.3, 0.4) is 0 Å². The number of allylic oxidation sites excluding steroid dienone is 5. The molecule has 0 bridgehead atoms. The van der Waals surface area contributed by atoms with Crippen molar-refractivity contribution in [3.05, 3.63) is 58.7 Å². The van der Waals surface area contributed by atoms with Crippen molar-refractivity contribution in [1.82, 2.24) is 0 Å². The van der Waals surface area contributed by atoms with E-state index < -0.39 is 5.97 Å². The molecule has 3 heteroatoms. The molecule has 0 unspecified atom stereocenters. The minimum atomic E-state index is -0.954. The Labute approximate surface area is 150 Å². The van der Waals surface area contributed by atoms with Gasteiger partial charge in [-0.25, -0.2) is 4.79 Å². The molecule has 0 saturated heterocycles. The van der Waals surface area contributed by atoms with Crippen molar-refractivity contribution in [3.8, 4) is 5.75 Å². The van der Waals surface area contributed by atoms with Crippen molar-refractivity contribution >= 4 is 11.5 Å². The third-order valence-corrected chi connectivity index (χ3v) is 5.13. The van der Waals surface area contributed by atoms with Gasteiger partial charge in [0.15, 0.2) is 0 Å². The van der Waals surface area contributed by atoms with Crippen LogP contribution < -0.4 is 4.74 Å². The topological polar surface area (TPSA) is 46.5 Å². The van der Waals surface area contributed by atoms with Crippen LogP contribution >= 0.6 is 0 Å². The van der Waals surface area contributed by atoms with Crippen molar-refractivity contribution in [2.24, 2.45) is 5.41 Å². The van der Waals surface area contributed by atoms with E-state index in [0.29, 0.717) is 5.75 Å². The van der Waals surface area contributed by atoms with Crippen LogP contribution in [0.4, 0.5) is 0 Å². The lowest BCUT2D eigenvalue weighted by Gasteiger charge is -2.37. The molecule has 134 valence electrons. The fourth-order valence-electron chi connectivity index (χ4n) is 3.85. The molecular formula is C22H28O3. The van der Waals surface area contributed by atoms with Gasteiger partial charge in [-0.05, 0) is 73.4 Å². The maximum Gasteiger partial charge on any atom is 0.335 e. The first kappa shape index (κ1) is 19.0. The number of benzene rings is 1. The molecule has 1 aliphatic rings. The quantitative estimate of drug-likeness (QED) is 0.681. The standard InChI is InChI=1S/C22H28O3/c1-7-14(2)19(20-15(3)9-8-12-22(20,4)5)17-11-10-16(21(23)24)13-18(17)25-6/h7,10-11,13H,1,8-9,12H2,2-6H3,(H,23,24). The monoisotopic (exact) mass is 340 g/mol. The van der Waals surface area contributed by atoms with Crippen LogP contribution in [0.1, 0.15) is 62.9 Å². The van der Waals surface area contributed by atoms with Gasteiger partial charge >= 0.3 is 5.97 Å². The minimum Gasteiger partial charge on any atom is -0.496 e. The molecule has 0 heterocycles. The second-order valence-corrected chi connectivity index (χ2v) is 7.38. The lowest BCUT2D eigenvalue weighted by molar-refractivity contribution is 0.0696. The van der Waals surface area contributed by atoms with E-state index in [4.69, 9.17) is 4.74 Å². The van der Waals surface area contributed by atoms with Gasteiger partial charge in [0.25, 0.3) is 0 Å². The summed E-state index contributed by atoms with van der Waals surface area (Å²) in [5.74, 6) is -0.373. The molecule has 1 aliphatic carbocycles. The van der Waals surface area contributed by atoms with Crippen LogP contribution in [0, 0.1) is 5.41 Å². The fourth-order valence-corrected chi connectivity index (χ4v) is 3.85. The first-order chi connectivity index (χ1) is 11.7. The smallest absolute Gasteiger partial charge is 0.335 e. The summed E-state index contributed by atoms with van der Waals surface area (Å²) in [4.78, 5) is 11.3. The lowest BCUT2D eigenvalue weighted by atomic mass is 9.68. The molecule has 0 fully saturated rings. The van der Waals surface area contributed by atoms with E-state index in [9.17, 15) is 9.90 Å². The normalized spacial score (nSPS) is 17.8. The zero-order chi connectivity index (χ0) is 18.8. The highest BCUT2D eigenvalue weighted by Crippen LogP contribution is 2.49. The molecule has 3 nitrogen and oxygen atoms in total. The SMILES string of the molecule is C=CC(C)=C(C1=C(C)CCCC1(C)C)c1ccc(C(=O)O)cc1OC. The summed E-state index contributed by atoms with van der Waals surface area (Å²) in [6.45, 7) is 12.8. The van der Waals surface area contributed by atoms with Crippen molar-refractivity contribution < 1.29 is 14.6 Å². The molecular weight excluding hydrogens is 312 g/mol. The predicted octanol–water partition coefficient (Wildman–Crippen LogP) is 5.88. The summed E-state index contributed by atoms with van der Waals surface area (Å²) < 4.78 is 5.55. The van der Waals surface area contributed by atoms with E-state index in [2.05, 4.69) is 34.3 Å². The molecule has 0 amide bonds. The first-order valence-electron chi connectivity index (χ1n) is 8.68. The summed E-state index contributed by atoms with van der Waals surface area (Å²) in [5.41, 5.74) is 6.11. The third kappa shape index (κ3) is 3.71. The molecule has 0 atom stereocenters. The Morgan fingerprint density at radius 1 is 1.36 bits per heavy atom. The van der Waals surface area contributed by atoms with E-state index in [0.717, 1.165) is 29.6 Å². The number of carboxylic acids is 1. The summed E-state index contributed by atoms with van der Waals surface area (Å²) in [7, 11) is 1.58. The highest BCUT2D eigenvalue weighted by molar-refractivity contribution is 5.92. The van der Waals surface area contributed by atoms with Gasteiger partial charge in [0.2, 0.25) is 0 Å². The van der Waals surface area contributed by atoms with Crippen molar-refractivity contribution in [2.45, 2.75) is 47.0 Å². The third-order valence-electron chi connectivity index (χ3n) is 5.13. The Bertz CT molecular complexity index is 763. The lowest BCUT2D eigenvalue weighted by Crippen LogP contribution is -2.22.